The maximum atomic E-state index is 12.3. The zero-order chi connectivity index (χ0) is 26.1. The predicted molar refractivity (Wildman–Crippen MR) is 147 cm³/mol. The molecule has 0 bridgehead atoms. The summed E-state index contributed by atoms with van der Waals surface area (Å²) in [5, 5.41) is 0. The number of carbonyl (C=O) groups excluding carboxylic acids is 2. The van der Waals surface area contributed by atoms with Crippen LogP contribution in [0, 0.1) is 11.8 Å². The summed E-state index contributed by atoms with van der Waals surface area (Å²) < 4.78 is 10.8. The molecule has 0 aliphatic carbocycles. The Hall–Kier alpha value is -3.66. The lowest BCUT2D eigenvalue weighted by molar-refractivity contribution is 0.0438. The second-order valence-corrected chi connectivity index (χ2v) is 9.38. The molecule has 0 unspecified atom stereocenters. The van der Waals surface area contributed by atoms with Crippen molar-refractivity contribution in [2.24, 2.45) is 11.8 Å². The molecule has 0 spiro atoms. The second kappa shape index (κ2) is 12.9. The van der Waals surface area contributed by atoms with Gasteiger partial charge in [0.2, 0.25) is 0 Å². The van der Waals surface area contributed by atoms with Crippen LogP contribution in [0.2, 0.25) is 0 Å². The van der Waals surface area contributed by atoms with Gasteiger partial charge in [0.05, 0.1) is 24.3 Å². The lowest BCUT2D eigenvalue weighted by atomic mass is 9.94. The number of hydrogen-bond donors (Lipinski definition) is 0. The van der Waals surface area contributed by atoms with Gasteiger partial charge in [-0.25, -0.2) is 9.59 Å². The third kappa shape index (κ3) is 6.94. The summed E-state index contributed by atoms with van der Waals surface area (Å²) in [5.41, 5.74) is 6.12. The van der Waals surface area contributed by atoms with Crippen LogP contribution in [0.3, 0.4) is 0 Å². The largest absolute Gasteiger partial charge is 0.462 e. The van der Waals surface area contributed by atoms with E-state index in [0.29, 0.717) is 36.2 Å². The number of rotatable bonds is 11. The first-order valence-electron chi connectivity index (χ1n) is 12.7. The van der Waals surface area contributed by atoms with Gasteiger partial charge in [0.25, 0.3) is 0 Å². The van der Waals surface area contributed by atoms with Gasteiger partial charge in [-0.05, 0) is 70.0 Å². The van der Waals surface area contributed by atoms with Crippen LogP contribution < -0.4 is 0 Å². The highest BCUT2D eigenvalue weighted by molar-refractivity contribution is 5.91. The van der Waals surface area contributed by atoms with E-state index in [1.54, 1.807) is 24.3 Å². The summed E-state index contributed by atoms with van der Waals surface area (Å²) in [7, 11) is 0. The molecule has 0 fully saturated rings. The number of carbonyl (C=O) groups is 2. The molecule has 0 saturated carbocycles. The van der Waals surface area contributed by atoms with Gasteiger partial charge in [-0.15, -0.1) is 0 Å². The lowest BCUT2D eigenvalue weighted by Crippen LogP contribution is -2.11. The predicted octanol–water partition coefficient (Wildman–Crippen LogP) is 8.07. The van der Waals surface area contributed by atoms with Gasteiger partial charge < -0.3 is 9.47 Å². The van der Waals surface area contributed by atoms with E-state index < -0.39 is 0 Å². The van der Waals surface area contributed by atoms with E-state index in [2.05, 4.69) is 46.4 Å². The Morgan fingerprint density at radius 1 is 0.722 bits per heavy atom. The Kier molecular flexibility index (Phi) is 9.63. The molecule has 0 N–H and O–H groups in total. The number of benzene rings is 3. The molecule has 0 heterocycles. The summed E-state index contributed by atoms with van der Waals surface area (Å²) in [6.07, 6.45) is 3.78. The van der Waals surface area contributed by atoms with Crippen molar-refractivity contribution in [2.45, 2.75) is 40.5 Å². The minimum absolute atomic E-state index is 0.295. The van der Waals surface area contributed by atoms with Crippen molar-refractivity contribution in [3.8, 4) is 22.3 Å². The highest BCUT2D eigenvalue weighted by Gasteiger charge is 2.12. The third-order valence-corrected chi connectivity index (χ3v) is 6.55. The van der Waals surface area contributed by atoms with Crippen LogP contribution in [0.5, 0.6) is 0 Å². The smallest absolute Gasteiger partial charge is 0.338 e. The molecule has 2 atom stereocenters. The summed E-state index contributed by atoms with van der Waals surface area (Å²) in [6, 6.07) is 21.1. The molecular formula is C32H36O4. The van der Waals surface area contributed by atoms with Crippen molar-refractivity contribution in [1.82, 2.24) is 0 Å². The SMILES string of the molecule is C=Cc1cc(-c2ccc(C(=O)OC[C@@H](C)CC)cc2)ccc1-c1ccc(C(=O)OC[C@@H](C)CC)cc1. The minimum atomic E-state index is -0.298. The molecular weight excluding hydrogens is 448 g/mol. The molecule has 0 aliphatic heterocycles. The number of esters is 2. The normalized spacial score (nSPS) is 12.4. The van der Waals surface area contributed by atoms with Gasteiger partial charge in [-0.3, -0.25) is 0 Å². The number of ether oxygens (including phenoxy) is 2. The van der Waals surface area contributed by atoms with Crippen LogP contribution in [0.25, 0.3) is 28.3 Å². The van der Waals surface area contributed by atoms with Gasteiger partial charge in [0.15, 0.2) is 0 Å². The van der Waals surface area contributed by atoms with Crippen LogP contribution in [-0.4, -0.2) is 25.2 Å². The molecule has 3 aromatic carbocycles. The van der Waals surface area contributed by atoms with E-state index in [0.717, 1.165) is 40.7 Å². The van der Waals surface area contributed by atoms with E-state index in [4.69, 9.17) is 9.47 Å². The van der Waals surface area contributed by atoms with Gasteiger partial charge >= 0.3 is 11.9 Å². The Balaban J connectivity index is 1.73. The summed E-state index contributed by atoms with van der Waals surface area (Å²) >= 11 is 0. The Morgan fingerprint density at radius 2 is 1.17 bits per heavy atom. The molecule has 4 heteroatoms. The van der Waals surface area contributed by atoms with Gasteiger partial charge in [0.1, 0.15) is 0 Å². The summed E-state index contributed by atoms with van der Waals surface area (Å²) in [5.74, 6) is 0.106. The maximum Gasteiger partial charge on any atom is 0.338 e. The topological polar surface area (TPSA) is 52.6 Å². The van der Waals surface area contributed by atoms with E-state index >= 15 is 0 Å². The monoisotopic (exact) mass is 484 g/mol. The van der Waals surface area contributed by atoms with Crippen LogP contribution in [0.4, 0.5) is 0 Å². The fraction of sp³-hybridized carbons (Fsp3) is 0.312. The first-order chi connectivity index (χ1) is 17.4. The fourth-order valence-corrected chi connectivity index (χ4v) is 3.60. The van der Waals surface area contributed by atoms with Crippen molar-refractivity contribution in [3.63, 3.8) is 0 Å². The molecule has 3 rings (SSSR count). The van der Waals surface area contributed by atoms with E-state index in [-0.39, 0.29) is 11.9 Å². The number of hydrogen-bond acceptors (Lipinski definition) is 4. The molecule has 0 radical (unpaired) electrons. The second-order valence-electron chi connectivity index (χ2n) is 9.38. The molecule has 36 heavy (non-hydrogen) atoms. The Bertz CT molecular complexity index is 1180. The van der Waals surface area contributed by atoms with Crippen molar-refractivity contribution < 1.29 is 19.1 Å². The first-order valence-corrected chi connectivity index (χ1v) is 12.7. The Morgan fingerprint density at radius 3 is 1.61 bits per heavy atom. The summed E-state index contributed by atoms with van der Waals surface area (Å²) in [4.78, 5) is 24.6. The van der Waals surface area contributed by atoms with Crippen molar-refractivity contribution in [3.05, 3.63) is 90.0 Å². The highest BCUT2D eigenvalue weighted by Crippen LogP contribution is 2.30. The summed E-state index contributed by atoms with van der Waals surface area (Å²) in [6.45, 7) is 13.1. The minimum Gasteiger partial charge on any atom is -0.462 e. The van der Waals surface area contributed by atoms with Crippen LogP contribution in [0.1, 0.15) is 66.8 Å². The highest BCUT2D eigenvalue weighted by atomic mass is 16.5. The average Bonchev–Trinajstić information content (AvgIpc) is 2.93. The van der Waals surface area contributed by atoms with Crippen molar-refractivity contribution in [2.75, 3.05) is 13.2 Å². The van der Waals surface area contributed by atoms with Gasteiger partial charge in [0, 0.05) is 0 Å². The van der Waals surface area contributed by atoms with Crippen LogP contribution in [-0.2, 0) is 9.47 Å². The van der Waals surface area contributed by atoms with Crippen molar-refractivity contribution in [1.29, 1.82) is 0 Å². The molecule has 0 amide bonds. The average molecular weight is 485 g/mol. The molecule has 4 nitrogen and oxygen atoms in total. The molecule has 3 aromatic rings. The van der Waals surface area contributed by atoms with Crippen LogP contribution in [0.15, 0.2) is 73.3 Å². The third-order valence-electron chi connectivity index (χ3n) is 6.55. The van der Waals surface area contributed by atoms with Gasteiger partial charge in [-0.2, -0.15) is 0 Å². The molecule has 0 saturated heterocycles. The molecule has 188 valence electrons. The standard InChI is InChI=1S/C32H36O4/c1-6-22(4)20-35-31(33)27-13-9-25(10-14-27)29-17-18-30(24(8-3)19-29)26-11-15-28(16-12-26)32(34)36-21-23(5)7-2/h8-19,22-23H,3,6-7,20-21H2,1-2,4-5H3/t22-,23-/m0/s1. The van der Waals surface area contributed by atoms with Gasteiger partial charge in [-0.1, -0.05) is 89.6 Å². The quantitative estimate of drug-likeness (QED) is 0.258. The Labute approximate surface area is 215 Å². The van der Waals surface area contributed by atoms with E-state index in [9.17, 15) is 9.59 Å². The zero-order valence-corrected chi connectivity index (χ0v) is 21.8. The van der Waals surface area contributed by atoms with E-state index in [1.165, 1.54) is 0 Å². The zero-order valence-electron chi connectivity index (χ0n) is 21.8. The van der Waals surface area contributed by atoms with Crippen LogP contribution >= 0.6 is 0 Å². The first kappa shape index (κ1) is 26.9. The van der Waals surface area contributed by atoms with Crippen molar-refractivity contribution >= 4 is 18.0 Å². The maximum absolute atomic E-state index is 12.3. The fourth-order valence-electron chi connectivity index (χ4n) is 3.60. The van der Waals surface area contributed by atoms with E-state index in [1.807, 2.05) is 36.4 Å². The lowest BCUT2D eigenvalue weighted by Gasteiger charge is -2.12. The molecule has 0 aromatic heterocycles. The molecule has 0 aliphatic rings.